The number of methoxy groups -OCH3 is 3. The lowest BCUT2D eigenvalue weighted by Crippen LogP contribution is -1.95. The van der Waals surface area contributed by atoms with Crippen LogP contribution in [0.15, 0.2) is 47.1 Å². The molecule has 0 fully saturated rings. The van der Waals surface area contributed by atoms with Crippen LogP contribution in [0.1, 0.15) is 12.5 Å². The van der Waals surface area contributed by atoms with Crippen molar-refractivity contribution in [3.05, 3.63) is 48.2 Å². The van der Waals surface area contributed by atoms with E-state index in [1.807, 2.05) is 6.07 Å². The van der Waals surface area contributed by atoms with Crippen molar-refractivity contribution in [3.8, 4) is 39.7 Å². The minimum Gasteiger partial charge on any atom is -0.497 e. The van der Waals surface area contributed by atoms with Gasteiger partial charge in [-0.2, -0.15) is 0 Å². The average molecular weight is 339 g/mol. The fourth-order valence-corrected chi connectivity index (χ4v) is 2.79. The summed E-state index contributed by atoms with van der Waals surface area (Å²) in [6, 6.07) is 12.0. The topological polar surface area (TPSA) is 53.7 Å². The van der Waals surface area contributed by atoms with Crippen LogP contribution in [-0.2, 0) is 6.42 Å². The van der Waals surface area contributed by atoms with E-state index in [0.717, 1.165) is 23.1 Å². The summed E-state index contributed by atoms with van der Waals surface area (Å²) in [5, 5.41) is 3.99. The molecule has 1 heterocycles. The van der Waals surface area contributed by atoms with E-state index >= 15 is 0 Å². The molecule has 130 valence electrons. The molecule has 0 amide bonds. The Kier molecular flexibility index (Phi) is 4.93. The first-order valence-electron chi connectivity index (χ1n) is 8.06. The molecule has 5 nitrogen and oxygen atoms in total. The Morgan fingerprint density at radius 3 is 2.28 bits per heavy atom. The molecule has 0 spiro atoms. The van der Waals surface area contributed by atoms with Crippen LogP contribution < -0.4 is 14.2 Å². The van der Waals surface area contributed by atoms with Crippen LogP contribution in [-0.4, -0.2) is 26.5 Å². The van der Waals surface area contributed by atoms with Crippen LogP contribution in [0.5, 0.6) is 17.2 Å². The highest BCUT2D eigenvalue weighted by molar-refractivity contribution is 5.84. The van der Waals surface area contributed by atoms with Crippen molar-refractivity contribution in [2.24, 2.45) is 0 Å². The Morgan fingerprint density at radius 1 is 0.920 bits per heavy atom. The number of ether oxygens (including phenoxy) is 3. The maximum Gasteiger partial charge on any atom is 0.178 e. The number of nitrogens with zero attached hydrogens (tertiary/aromatic N) is 1. The molecule has 0 atom stereocenters. The summed E-state index contributed by atoms with van der Waals surface area (Å²) in [5.74, 6) is 2.40. The average Bonchev–Trinajstić information content (AvgIpc) is 3.16. The number of benzene rings is 2. The van der Waals surface area contributed by atoms with Gasteiger partial charge < -0.3 is 18.7 Å². The van der Waals surface area contributed by atoms with Crippen molar-refractivity contribution in [1.82, 2.24) is 5.16 Å². The Labute approximate surface area is 147 Å². The van der Waals surface area contributed by atoms with E-state index in [0.29, 0.717) is 23.0 Å². The summed E-state index contributed by atoms with van der Waals surface area (Å²) in [7, 11) is 4.79. The second kappa shape index (κ2) is 7.30. The highest BCUT2D eigenvalue weighted by Gasteiger charge is 2.21. The Balaban J connectivity index is 2.16. The van der Waals surface area contributed by atoms with Crippen LogP contribution in [0.2, 0.25) is 0 Å². The van der Waals surface area contributed by atoms with Gasteiger partial charge in [0.2, 0.25) is 0 Å². The summed E-state index contributed by atoms with van der Waals surface area (Å²) < 4.78 is 21.9. The zero-order chi connectivity index (χ0) is 17.8. The highest BCUT2D eigenvalue weighted by Crippen LogP contribution is 2.44. The van der Waals surface area contributed by atoms with Crippen molar-refractivity contribution in [2.75, 3.05) is 21.3 Å². The number of hydrogen-bond acceptors (Lipinski definition) is 5. The lowest BCUT2D eigenvalue weighted by atomic mass is 10.00. The van der Waals surface area contributed by atoms with E-state index in [1.165, 1.54) is 5.56 Å². The van der Waals surface area contributed by atoms with Gasteiger partial charge in [-0.1, -0.05) is 36.3 Å². The quantitative estimate of drug-likeness (QED) is 0.657. The predicted molar refractivity (Wildman–Crippen MR) is 96.4 cm³/mol. The zero-order valence-corrected chi connectivity index (χ0v) is 14.8. The Morgan fingerprint density at radius 2 is 1.68 bits per heavy atom. The molecule has 0 aliphatic carbocycles. The van der Waals surface area contributed by atoms with Crippen LogP contribution in [0.25, 0.3) is 22.5 Å². The van der Waals surface area contributed by atoms with Crippen LogP contribution in [0.4, 0.5) is 0 Å². The molecule has 3 aromatic rings. The Bertz CT molecular complexity index is 853. The van der Waals surface area contributed by atoms with E-state index in [2.05, 4.69) is 36.3 Å². The van der Waals surface area contributed by atoms with Gasteiger partial charge in [0.15, 0.2) is 17.3 Å². The molecule has 0 bridgehead atoms. The standard InChI is InChI=1S/C20H21NO4/c1-5-13-6-8-14(9-7-13)17-12-21-25-19(17)16-10-15(22-2)11-18(23-3)20(16)24-4/h6-12H,5H2,1-4H3. The normalized spacial score (nSPS) is 10.6. The van der Waals surface area contributed by atoms with Gasteiger partial charge in [0, 0.05) is 11.6 Å². The largest absolute Gasteiger partial charge is 0.497 e. The van der Waals surface area contributed by atoms with Gasteiger partial charge in [-0.05, 0) is 23.6 Å². The molecule has 2 aromatic carbocycles. The first-order chi connectivity index (χ1) is 12.2. The van der Waals surface area contributed by atoms with Crippen molar-refractivity contribution in [3.63, 3.8) is 0 Å². The van der Waals surface area contributed by atoms with Crippen molar-refractivity contribution < 1.29 is 18.7 Å². The first-order valence-corrected chi connectivity index (χ1v) is 8.06. The number of aryl methyl sites for hydroxylation is 1. The summed E-state index contributed by atoms with van der Waals surface area (Å²) in [6.07, 6.45) is 2.71. The van der Waals surface area contributed by atoms with Crippen molar-refractivity contribution >= 4 is 0 Å². The van der Waals surface area contributed by atoms with Gasteiger partial charge in [-0.15, -0.1) is 0 Å². The fraction of sp³-hybridized carbons (Fsp3) is 0.250. The first kappa shape index (κ1) is 16.9. The van der Waals surface area contributed by atoms with Gasteiger partial charge in [-0.3, -0.25) is 0 Å². The van der Waals surface area contributed by atoms with E-state index in [1.54, 1.807) is 33.6 Å². The van der Waals surface area contributed by atoms with Crippen molar-refractivity contribution in [2.45, 2.75) is 13.3 Å². The molecule has 0 unspecified atom stereocenters. The molecular weight excluding hydrogens is 318 g/mol. The number of hydrogen-bond donors (Lipinski definition) is 0. The van der Waals surface area contributed by atoms with Crippen LogP contribution in [0, 0.1) is 0 Å². The summed E-state index contributed by atoms with van der Waals surface area (Å²) in [5.41, 5.74) is 3.92. The van der Waals surface area contributed by atoms with Gasteiger partial charge >= 0.3 is 0 Å². The van der Waals surface area contributed by atoms with Gasteiger partial charge in [0.1, 0.15) is 5.75 Å². The molecule has 0 aliphatic heterocycles. The highest BCUT2D eigenvalue weighted by atomic mass is 16.5. The van der Waals surface area contributed by atoms with E-state index < -0.39 is 0 Å². The second-order valence-corrected chi connectivity index (χ2v) is 5.53. The SMILES string of the molecule is CCc1ccc(-c2cnoc2-c2cc(OC)cc(OC)c2OC)cc1. The van der Waals surface area contributed by atoms with E-state index in [9.17, 15) is 0 Å². The van der Waals surface area contributed by atoms with Gasteiger partial charge in [-0.25, -0.2) is 0 Å². The van der Waals surface area contributed by atoms with Crippen LogP contribution in [0.3, 0.4) is 0 Å². The smallest absolute Gasteiger partial charge is 0.178 e. The lowest BCUT2D eigenvalue weighted by Gasteiger charge is -2.14. The molecule has 0 aliphatic rings. The van der Waals surface area contributed by atoms with E-state index in [-0.39, 0.29) is 0 Å². The summed E-state index contributed by atoms with van der Waals surface area (Å²) in [4.78, 5) is 0. The number of aromatic nitrogens is 1. The Hall–Kier alpha value is -2.95. The number of rotatable bonds is 6. The zero-order valence-electron chi connectivity index (χ0n) is 14.8. The molecule has 1 aromatic heterocycles. The summed E-state index contributed by atoms with van der Waals surface area (Å²) >= 11 is 0. The fourth-order valence-electron chi connectivity index (χ4n) is 2.79. The maximum atomic E-state index is 5.56. The van der Waals surface area contributed by atoms with Crippen molar-refractivity contribution in [1.29, 1.82) is 0 Å². The third-order valence-corrected chi connectivity index (χ3v) is 4.18. The molecule has 3 rings (SSSR count). The molecule has 5 heteroatoms. The maximum absolute atomic E-state index is 5.56. The molecule has 25 heavy (non-hydrogen) atoms. The summed E-state index contributed by atoms with van der Waals surface area (Å²) in [6.45, 7) is 2.13. The predicted octanol–water partition coefficient (Wildman–Crippen LogP) is 4.60. The minimum atomic E-state index is 0.570. The molecule has 0 N–H and O–H groups in total. The van der Waals surface area contributed by atoms with Gasteiger partial charge in [0.25, 0.3) is 0 Å². The third kappa shape index (κ3) is 3.18. The monoisotopic (exact) mass is 339 g/mol. The van der Waals surface area contributed by atoms with Crippen LogP contribution >= 0.6 is 0 Å². The third-order valence-electron chi connectivity index (χ3n) is 4.18. The molecular formula is C20H21NO4. The van der Waals surface area contributed by atoms with Gasteiger partial charge in [0.05, 0.1) is 33.1 Å². The van der Waals surface area contributed by atoms with E-state index in [4.69, 9.17) is 18.7 Å². The second-order valence-electron chi connectivity index (χ2n) is 5.53. The molecule has 0 radical (unpaired) electrons. The molecule has 0 saturated heterocycles. The molecule has 0 saturated carbocycles. The lowest BCUT2D eigenvalue weighted by molar-refractivity contribution is 0.348. The minimum absolute atomic E-state index is 0.570.